The Kier molecular flexibility index (Phi) is 3.66. The number of aliphatic hydroxyl groups is 1. The number of halogens is 2. The minimum atomic E-state index is -1.67. The molecule has 1 rings (SSSR count). The molecule has 1 aromatic carbocycles. The van der Waals surface area contributed by atoms with E-state index >= 15 is 0 Å². The topological polar surface area (TPSA) is 57.5 Å². The molecule has 0 spiro atoms. The molecule has 0 aliphatic carbocycles. The zero-order valence-electron chi connectivity index (χ0n) is 8.00. The summed E-state index contributed by atoms with van der Waals surface area (Å²) >= 11 is 5.57. The Labute approximate surface area is 91.1 Å². The molecule has 0 saturated heterocycles. The lowest BCUT2D eigenvalue weighted by molar-refractivity contribution is -0.146. The number of carbonyl (C=O) groups is 1. The van der Waals surface area contributed by atoms with Gasteiger partial charge in [-0.05, 0) is 29.7 Å². The zero-order chi connectivity index (χ0) is 11.6. The van der Waals surface area contributed by atoms with Gasteiger partial charge in [-0.15, -0.1) is 0 Å². The largest absolute Gasteiger partial charge is 0.479 e. The molecule has 1 unspecified atom stereocenters. The third-order valence-electron chi connectivity index (χ3n) is 2.06. The van der Waals surface area contributed by atoms with Crippen LogP contribution in [0, 0.1) is 5.82 Å². The molecule has 3 nitrogen and oxygen atoms in total. The minimum Gasteiger partial charge on any atom is -0.479 e. The number of rotatable bonds is 3. The Balaban J connectivity index is 3.22. The van der Waals surface area contributed by atoms with Gasteiger partial charge in [-0.2, -0.15) is 0 Å². The molecule has 0 fully saturated rings. The first-order chi connectivity index (χ1) is 6.97. The first-order valence-electron chi connectivity index (χ1n) is 4.36. The number of carboxylic acid groups (broad SMARTS) is 1. The third kappa shape index (κ3) is 2.46. The summed E-state index contributed by atoms with van der Waals surface area (Å²) < 4.78 is 13.3. The molecule has 5 heteroatoms. The fraction of sp³-hybridized carbons (Fsp3) is 0.300. The highest BCUT2D eigenvalue weighted by Gasteiger charge is 2.19. The van der Waals surface area contributed by atoms with E-state index in [9.17, 15) is 14.3 Å². The van der Waals surface area contributed by atoms with Gasteiger partial charge in [-0.25, -0.2) is 9.18 Å². The Morgan fingerprint density at radius 3 is 2.67 bits per heavy atom. The molecule has 0 bridgehead atoms. The quantitative estimate of drug-likeness (QED) is 0.840. The lowest BCUT2D eigenvalue weighted by Gasteiger charge is -2.09. The smallest absolute Gasteiger partial charge is 0.337 e. The van der Waals surface area contributed by atoms with Gasteiger partial charge in [0.15, 0.2) is 6.10 Å². The van der Waals surface area contributed by atoms with Gasteiger partial charge in [0.05, 0.1) is 5.02 Å². The van der Waals surface area contributed by atoms with Crippen LogP contribution >= 0.6 is 11.6 Å². The average Bonchev–Trinajstić information content (AvgIpc) is 2.20. The number of benzene rings is 1. The van der Waals surface area contributed by atoms with Gasteiger partial charge in [-0.1, -0.05) is 18.5 Å². The van der Waals surface area contributed by atoms with Gasteiger partial charge in [0.2, 0.25) is 0 Å². The third-order valence-corrected chi connectivity index (χ3v) is 2.33. The van der Waals surface area contributed by atoms with E-state index in [-0.39, 0.29) is 16.1 Å². The summed E-state index contributed by atoms with van der Waals surface area (Å²) in [6.45, 7) is 1.71. The second-order valence-electron chi connectivity index (χ2n) is 3.07. The standard InChI is InChI=1S/C10H10ClFO3/c1-2-5-3-6(9(13)10(14)15)4-7(11)8(5)12/h3-4,9,13H,2H2,1H3,(H,14,15). The van der Waals surface area contributed by atoms with Gasteiger partial charge < -0.3 is 10.2 Å². The van der Waals surface area contributed by atoms with E-state index in [1.54, 1.807) is 6.92 Å². The summed E-state index contributed by atoms with van der Waals surface area (Å²) in [5, 5.41) is 17.6. The van der Waals surface area contributed by atoms with Crippen molar-refractivity contribution in [1.29, 1.82) is 0 Å². The molecule has 15 heavy (non-hydrogen) atoms. The van der Waals surface area contributed by atoms with Crippen molar-refractivity contribution < 1.29 is 19.4 Å². The van der Waals surface area contributed by atoms with E-state index < -0.39 is 17.9 Å². The maximum atomic E-state index is 13.3. The van der Waals surface area contributed by atoms with Crippen LogP contribution in [0.25, 0.3) is 0 Å². The first-order valence-corrected chi connectivity index (χ1v) is 4.73. The van der Waals surface area contributed by atoms with E-state index in [4.69, 9.17) is 16.7 Å². The maximum absolute atomic E-state index is 13.3. The van der Waals surface area contributed by atoms with Crippen molar-refractivity contribution in [3.8, 4) is 0 Å². The molecular formula is C10H10ClFO3. The van der Waals surface area contributed by atoms with Crippen LogP contribution in [0.15, 0.2) is 12.1 Å². The van der Waals surface area contributed by atoms with E-state index in [1.165, 1.54) is 6.07 Å². The van der Waals surface area contributed by atoms with Crippen LogP contribution in [0.5, 0.6) is 0 Å². The van der Waals surface area contributed by atoms with Crippen LogP contribution in [-0.4, -0.2) is 16.2 Å². The molecule has 0 amide bonds. The predicted octanol–water partition coefficient (Wildman–Crippen LogP) is 2.16. The van der Waals surface area contributed by atoms with Crippen molar-refractivity contribution in [2.24, 2.45) is 0 Å². The Morgan fingerprint density at radius 2 is 2.20 bits per heavy atom. The summed E-state index contributed by atoms with van der Waals surface area (Å²) in [6.07, 6.45) is -1.29. The zero-order valence-corrected chi connectivity index (χ0v) is 8.75. The molecule has 0 aliphatic rings. The monoisotopic (exact) mass is 232 g/mol. The Bertz CT molecular complexity index is 392. The van der Waals surface area contributed by atoms with Crippen LogP contribution in [0.2, 0.25) is 5.02 Å². The summed E-state index contributed by atoms with van der Waals surface area (Å²) in [5.41, 5.74) is 0.378. The normalized spacial score (nSPS) is 12.5. The van der Waals surface area contributed by atoms with Gasteiger partial charge in [-0.3, -0.25) is 0 Å². The summed E-state index contributed by atoms with van der Waals surface area (Å²) in [4.78, 5) is 10.5. The number of carboxylic acids is 1. The highest BCUT2D eigenvalue weighted by atomic mass is 35.5. The number of aryl methyl sites for hydroxylation is 1. The van der Waals surface area contributed by atoms with Gasteiger partial charge in [0.25, 0.3) is 0 Å². The molecular weight excluding hydrogens is 223 g/mol. The summed E-state index contributed by atoms with van der Waals surface area (Å²) in [6, 6.07) is 2.43. The molecule has 82 valence electrons. The molecule has 0 heterocycles. The van der Waals surface area contributed by atoms with E-state index in [0.29, 0.717) is 6.42 Å². The molecule has 0 aromatic heterocycles. The van der Waals surface area contributed by atoms with Crippen molar-refractivity contribution >= 4 is 17.6 Å². The van der Waals surface area contributed by atoms with Crippen molar-refractivity contribution in [2.45, 2.75) is 19.4 Å². The van der Waals surface area contributed by atoms with Gasteiger partial charge in [0.1, 0.15) is 5.82 Å². The lowest BCUT2D eigenvalue weighted by atomic mass is 10.0. The molecule has 0 radical (unpaired) electrons. The highest BCUT2D eigenvalue weighted by molar-refractivity contribution is 6.30. The molecule has 2 N–H and O–H groups in total. The summed E-state index contributed by atoms with van der Waals surface area (Å²) in [7, 11) is 0. The number of hydrogen-bond donors (Lipinski definition) is 2. The number of hydrogen-bond acceptors (Lipinski definition) is 2. The second-order valence-corrected chi connectivity index (χ2v) is 3.48. The van der Waals surface area contributed by atoms with Crippen LogP contribution < -0.4 is 0 Å². The first kappa shape index (κ1) is 11.9. The predicted molar refractivity (Wildman–Crippen MR) is 53.4 cm³/mol. The highest BCUT2D eigenvalue weighted by Crippen LogP contribution is 2.25. The van der Waals surface area contributed by atoms with Crippen molar-refractivity contribution in [1.82, 2.24) is 0 Å². The van der Waals surface area contributed by atoms with E-state index in [2.05, 4.69) is 0 Å². The van der Waals surface area contributed by atoms with Crippen molar-refractivity contribution in [3.05, 3.63) is 34.1 Å². The fourth-order valence-electron chi connectivity index (χ4n) is 1.23. The second kappa shape index (κ2) is 4.59. The van der Waals surface area contributed by atoms with Crippen LogP contribution in [0.4, 0.5) is 4.39 Å². The van der Waals surface area contributed by atoms with Crippen molar-refractivity contribution in [3.63, 3.8) is 0 Å². The van der Waals surface area contributed by atoms with Crippen LogP contribution in [0.3, 0.4) is 0 Å². The number of aliphatic carboxylic acids is 1. The van der Waals surface area contributed by atoms with Crippen molar-refractivity contribution in [2.75, 3.05) is 0 Å². The van der Waals surface area contributed by atoms with Crippen LogP contribution in [-0.2, 0) is 11.2 Å². The molecule has 1 atom stereocenters. The van der Waals surface area contributed by atoms with Gasteiger partial charge >= 0.3 is 5.97 Å². The summed E-state index contributed by atoms with van der Waals surface area (Å²) in [5.74, 6) is -1.96. The SMILES string of the molecule is CCc1cc(C(O)C(=O)O)cc(Cl)c1F. The maximum Gasteiger partial charge on any atom is 0.337 e. The molecule has 0 saturated carbocycles. The minimum absolute atomic E-state index is 0.0887. The van der Waals surface area contributed by atoms with E-state index in [0.717, 1.165) is 6.07 Å². The number of aliphatic hydroxyl groups excluding tert-OH is 1. The fourth-order valence-corrected chi connectivity index (χ4v) is 1.47. The average molecular weight is 233 g/mol. The van der Waals surface area contributed by atoms with E-state index in [1.807, 2.05) is 0 Å². The Hall–Kier alpha value is -1.13. The molecule has 0 aliphatic heterocycles. The van der Waals surface area contributed by atoms with Gasteiger partial charge in [0, 0.05) is 0 Å². The van der Waals surface area contributed by atoms with Crippen LogP contribution in [0.1, 0.15) is 24.2 Å². The lowest BCUT2D eigenvalue weighted by Crippen LogP contribution is -2.11. The Morgan fingerprint density at radius 1 is 1.60 bits per heavy atom. The molecule has 1 aromatic rings.